The van der Waals surface area contributed by atoms with E-state index in [0.717, 1.165) is 19.3 Å². The summed E-state index contributed by atoms with van der Waals surface area (Å²) in [7, 11) is 0. The van der Waals surface area contributed by atoms with Crippen LogP contribution in [0.5, 0.6) is 0 Å². The van der Waals surface area contributed by atoms with Crippen LogP contribution in [0.25, 0.3) is 53.0 Å². The van der Waals surface area contributed by atoms with E-state index in [4.69, 9.17) is 0 Å². The van der Waals surface area contributed by atoms with Crippen LogP contribution in [0.15, 0.2) is 157 Å². The fourth-order valence-corrected chi connectivity index (χ4v) is 9.69. The zero-order chi connectivity index (χ0) is 34.9. The van der Waals surface area contributed by atoms with E-state index < -0.39 is 0 Å². The average molecular weight is 705 g/mol. The molecule has 7 aromatic rings. The Balaban J connectivity index is 0.000000226. The number of hydrogen-bond donors (Lipinski definition) is 0. The zero-order valence-electron chi connectivity index (χ0n) is 29.2. The number of thiophene rings is 2. The van der Waals surface area contributed by atoms with E-state index in [1.165, 1.54) is 79.9 Å². The first kappa shape index (κ1) is 35.4. The number of aryl methyl sites for hydroxylation is 1. The molecule has 5 aromatic carbocycles. The van der Waals surface area contributed by atoms with Gasteiger partial charge in [-0.05, 0) is 95.8 Å². The van der Waals surface area contributed by atoms with E-state index in [2.05, 4.69) is 167 Å². The molecule has 50 heavy (non-hydrogen) atoms. The number of allylic oxidation sites excluding steroid dienone is 5. The van der Waals surface area contributed by atoms with Crippen LogP contribution in [0, 0.1) is 0 Å². The number of rotatable bonds is 7. The second kappa shape index (κ2) is 17.0. The quantitative estimate of drug-likeness (QED) is 0.0904. The van der Waals surface area contributed by atoms with Gasteiger partial charge in [-0.1, -0.05) is 134 Å². The highest BCUT2D eigenvalue weighted by atomic mass is 32.2. The van der Waals surface area contributed by atoms with Crippen molar-refractivity contribution >= 4 is 76.3 Å². The summed E-state index contributed by atoms with van der Waals surface area (Å²) in [5, 5.41) is 4.19. The van der Waals surface area contributed by atoms with Gasteiger partial charge >= 0.3 is 0 Å². The smallest absolute Gasteiger partial charge is 0.0433 e. The molecule has 250 valence electrons. The summed E-state index contributed by atoms with van der Waals surface area (Å²) in [4.78, 5) is 2.79. The van der Waals surface area contributed by atoms with Gasteiger partial charge in [-0.3, -0.25) is 0 Å². The van der Waals surface area contributed by atoms with Crippen molar-refractivity contribution in [2.24, 2.45) is 0 Å². The van der Waals surface area contributed by atoms with Crippen molar-refractivity contribution in [1.82, 2.24) is 0 Å². The Bertz CT molecular complexity index is 2310. The molecule has 0 fully saturated rings. The van der Waals surface area contributed by atoms with Crippen LogP contribution in [0.1, 0.15) is 48.3 Å². The average Bonchev–Trinajstić information content (AvgIpc) is 3.77. The first-order chi connectivity index (χ1) is 24.6. The monoisotopic (exact) mass is 704 g/mol. The lowest BCUT2D eigenvalue weighted by Crippen LogP contribution is -1.90. The van der Waals surface area contributed by atoms with Gasteiger partial charge in [-0.25, -0.2) is 0 Å². The van der Waals surface area contributed by atoms with Crippen LogP contribution in [-0.2, 0) is 12.8 Å². The molecular formula is C47H44S3. The second-order valence-corrected chi connectivity index (χ2v) is 15.2. The maximum atomic E-state index is 3.00. The van der Waals surface area contributed by atoms with Crippen LogP contribution < -0.4 is 0 Å². The van der Waals surface area contributed by atoms with Gasteiger partial charge in [-0.15, -0.1) is 47.6 Å². The minimum absolute atomic E-state index is 0.949. The maximum Gasteiger partial charge on any atom is 0.0433 e. The molecule has 0 bridgehead atoms. The van der Waals surface area contributed by atoms with Crippen molar-refractivity contribution in [3.63, 3.8) is 0 Å². The highest BCUT2D eigenvalue weighted by Crippen LogP contribution is 2.40. The molecule has 0 spiro atoms. The van der Waals surface area contributed by atoms with Crippen LogP contribution in [-0.4, -0.2) is 6.26 Å². The van der Waals surface area contributed by atoms with E-state index >= 15 is 0 Å². The molecule has 0 amide bonds. The highest BCUT2D eigenvalue weighted by molar-refractivity contribution is 7.98. The van der Waals surface area contributed by atoms with Crippen molar-refractivity contribution in [1.29, 1.82) is 0 Å². The van der Waals surface area contributed by atoms with E-state index in [-0.39, 0.29) is 0 Å². The van der Waals surface area contributed by atoms with E-state index in [0.29, 0.717) is 0 Å². The molecule has 0 saturated carbocycles. The molecule has 0 saturated heterocycles. The summed E-state index contributed by atoms with van der Waals surface area (Å²) in [6.45, 7) is 10.5. The zero-order valence-corrected chi connectivity index (χ0v) is 31.7. The van der Waals surface area contributed by atoms with Gasteiger partial charge in [0.1, 0.15) is 0 Å². The third kappa shape index (κ3) is 7.66. The fourth-order valence-electron chi connectivity index (χ4n) is 6.53. The van der Waals surface area contributed by atoms with E-state index in [1.54, 1.807) is 17.3 Å². The van der Waals surface area contributed by atoms with Crippen LogP contribution in [0.4, 0.5) is 0 Å². The summed E-state index contributed by atoms with van der Waals surface area (Å²) in [6.07, 6.45) is 16.0. The molecule has 2 heterocycles. The first-order valence-electron chi connectivity index (χ1n) is 17.3. The van der Waals surface area contributed by atoms with Gasteiger partial charge in [0.25, 0.3) is 0 Å². The van der Waals surface area contributed by atoms with Crippen LogP contribution in [0.2, 0.25) is 0 Å². The third-order valence-electron chi connectivity index (χ3n) is 9.17. The molecule has 0 radical (unpaired) electrons. The first-order valence-corrected chi connectivity index (χ1v) is 20.2. The molecule has 1 aliphatic rings. The van der Waals surface area contributed by atoms with Gasteiger partial charge in [-0.2, -0.15) is 0 Å². The Morgan fingerprint density at radius 2 is 1.48 bits per heavy atom. The Morgan fingerprint density at radius 1 is 0.760 bits per heavy atom. The van der Waals surface area contributed by atoms with Gasteiger partial charge < -0.3 is 0 Å². The lowest BCUT2D eigenvalue weighted by Gasteiger charge is -2.08. The number of benzene rings is 5. The maximum absolute atomic E-state index is 3.00. The van der Waals surface area contributed by atoms with Crippen molar-refractivity contribution < 1.29 is 0 Å². The Kier molecular flexibility index (Phi) is 12.0. The minimum Gasteiger partial charge on any atom is -0.135 e. The second-order valence-electron chi connectivity index (χ2n) is 12.2. The number of thioether (sulfide) groups is 1. The number of fused-ring (bicyclic) bond motifs is 6. The third-order valence-corrected chi connectivity index (χ3v) is 12.5. The summed E-state index contributed by atoms with van der Waals surface area (Å²) < 4.78 is 4.22. The topological polar surface area (TPSA) is 0 Å². The van der Waals surface area contributed by atoms with Gasteiger partial charge in [0.2, 0.25) is 0 Å². The molecular weight excluding hydrogens is 661 g/mol. The molecule has 3 heteroatoms. The molecule has 2 aromatic heterocycles. The molecule has 1 aliphatic carbocycles. The number of hydrogen-bond acceptors (Lipinski definition) is 3. The normalized spacial score (nSPS) is 12.7. The summed E-state index contributed by atoms with van der Waals surface area (Å²) in [6, 6.07) is 41.5. The lowest BCUT2D eigenvalue weighted by atomic mass is 9.96. The predicted octanol–water partition coefficient (Wildman–Crippen LogP) is 15.1. The SMILES string of the molecule is C=C.CC/C(C)=C\C(=C/Cc1cccc2c3c(sc12)C=CCC3)c1cccc2c1sc1ccccc12.CSc1ccccc1-c1ccccc1. The standard InChI is InChI=1S/C32H28S2.C13H12S.C2H4/c1-3-21(2)20-23(24-13-9-15-28-26-12-5-7-17-30(26)34-32(24)28)19-18-22-10-8-14-27-25-11-4-6-16-29(25)33-31(22)27;1-14-13-10-6-5-9-12(13)11-7-3-2-4-8-11;1-2/h5-10,12-17,19-20H,3-4,11,18H2,1-2H3;2-10H,1H3;1-2H2/b21-20-,23-19+;;. The summed E-state index contributed by atoms with van der Waals surface area (Å²) >= 11 is 5.68. The Labute approximate surface area is 310 Å². The largest absolute Gasteiger partial charge is 0.135 e. The Morgan fingerprint density at radius 3 is 2.30 bits per heavy atom. The van der Waals surface area contributed by atoms with Crippen LogP contribution in [0.3, 0.4) is 0 Å². The van der Waals surface area contributed by atoms with Crippen molar-refractivity contribution in [3.05, 3.63) is 174 Å². The van der Waals surface area contributed by atoms with Gasteiger partial charge in [0.05, 0.1) is 0 Å². The molecule has 0 nitrogen and oxygen atoms in total. The summed E-state index contributed by atoms with van der Waals surface area (Å²) in [5.41, 5.74) is 9.71. The highest BCUT2D eigenvalue weighted by Gasteiger charge is 2.15. The van der Waals surface area contributed by atoms with E-state index in [9.17, 15) is 0 Å². The molecule has 0 atom stereocenters. The summed E-state index contributed by atoms with van der Waals surface area (Å²) in [5.74, 6) is 0. The van der Waals surface area contributed by atoms with Crippen LogP contribution >= 0.6 is 34.4 Å². The van der Waals surface area contributed by atoms with Gasteiger partial charge in [0.15, 0.2) is 0 Å². The molecule has 0 N–H and O–H groups in total. The van der Waals surface area contributed by atoms with Crippen molar-refractivity contribution in [2.75, 3.05) is 6.26 Å². The van der Waals surface area contributed by atoms with Crippen molar-refractivity contribution in [2.45, 2.75) is 44.4 Å². The molecule has 0 unspecified atom stereocenters. The Hall–Kier alpha value is -4.41. The van der Waals surface area contributed by atoms with E-state index in [1.807, 2.05) is 28.7 Å². The fraction of sp³-hybridized carbons (Fsp3) is 0.149. The van der Waals surface area contributed by atoms with Crippen molar-refractivity contribution in [3.8, 4) is 11.1 Å². The lowest BCUT2D eigenvalue weighted by molar-refractivity contribution is 1.01. The van der Waals surface area contributed by atoms with Gasteiger partial charge in [0, 0.05) is 34.6 Å². The molecule has 0 aliphatic heterocycles. The predicted molar refractivity (Wildman–Crippen MR) is 229 cm³/mol. The minimum atomic E-state index is 0.949. The molecule has 8 rings (SSSR count).